The molecule has 0 rings (SSSR count). The second-order valence-corrected chi connectivity index (χ2v) is 10.7. The minimum absolute atomic E-state index is 0.250. The number of hydrogen-bond donors (Lipinski definition) is 1. The van der Waals surface area contributed by atoms with Crippen molar-refractivity contribution >= 4 is 8.24 Å². The van der Waals surface area contributed by atoms with E-state index >= 15 is 0 Å². The van der Waals surface area contributed by atoms with Crippen LogP contribution in [-0.4, -0.2) is 38.3 Å². The fourth-order valence-corrected chi connectivity index (χ4v) is 6.32. The van der Waals surface area contributed by atoms with Crippen LogP contribution in [0, 0.1) is 0 Å². The van der Waals surface area contributed by atoms with Crippen LogP contribution in [0.15, 0.2) is 0 Å². The maximum atomic E-state index is 4.05. The molecular weight excluding hydrogens is 224 g/mol. The minimum atomic E-state index is -1.22. The molecular formula is C14H34N2Si. The summed E-state index contributed by atoms with van der Waals surface area (Å²) in [7, 11) is -1.22. The molecule has 0 aliphatic carbocycles. The molecule has 0 spiro atoms. The fraction of sp³-hybridized carbons (Fsp3) is 1.00. The molecule has 0 aromatic carbocycles. The van der Waals surface area contributed by atoms with Crippen molar-refractivity contribution in [1.29, 1.82) is 0 Å². The first kappa shape index (κ1) is 17.1. The summed E-state index contributed by atoms with van der Waals surface area (Å²) in [6.07, 6.45) is 0. The normalized spacial score (nSPS) is 13.4. The monoisotopic (exact) mass is 258 g/mol. The molecule has 1 N–H and O–H groups in total. The van der Waals surface area contributed by atoms with Gasteiger partial charge >= 0.3 is 0 Å². The molecule has 3 heteroatoms. The minimum Gasteiger partial charge on any atom is -0.331 e. The molecule has 0 bridgehead atoms. The van der Waals surface area contributed by atoms with Gasteiger partial charge in [0.25, 0.3) is 0 Å². The van der Waals surface area contributed by atoms with Gasteiger partial charge in [-0.15, -0.1) is 0 Å². The van der Waals surface area contributed by atoms with Crippen LogP contribution >= 0.6 is 0 Å². The summed E-state index contributed by atoms with van der Waals surface area (Å²) in [5.41, 5.74) is 0.250. The Balaban J connectivity index is 4.59. The molecule has 0 unspecified atom stereocenters. The lowest BCUT2D eigenvalue weighted by Crippen LogP contribution is -2.61. The van der Waals surface area contributed by atoms with Crippen LogP contribution in [0.2, 0.25) is 18.1 Å². The molecule has 0 atom stereocenters. The third-order valence-corrected chi connectivity index (χ3v) is 9.41. The molecule has 104 valence electrons. The van der Waals surface area contributed by atoms with Crippen LogP contribution in [0.3, 0.4) is 0 Å². The van der Waals surface area contributed by atoms with Crippen molar-refractivity contribution in [3.8, 4) is 0 Å². The van der Waals surface area contributed by atoms with Crippen LogP contribution in [0.25, 0.3) is 0 Å². The Morgan fingerprint density at radius 2 is 1.29 bits per heavy atom. The molecule has 0 heterocycles. The predicted molar refractivity (Wildman–Crippen MR) is 82.2 cm³/mol. The number of likely N-dealkylation sites (N-methyl/N-ethyl adjacent to an activating group) is 1. The largest absolute Gasteiger partial charge is 0.331 e. The van der Waals surface area contributed by atoms with E-state index in [-0.39, 0.29) is 5.54 Å². The molecule has 0 saturated heterocycles. The van der Waals surface area contributed by atoms with E-state index in [4.69, 9.17) is 0 Å². The molecule has 0 aromatic rings. The highest BCUT2D eigenvalue weighted by Gasteiger charge is 2.33. The van der Waals surface area contributed by atoms with Crippen molar-refractivity contribution in [2.75, 3.05) is 19.6 Å². The quantitative estimate of drug-likeness (QED) is 0.634. The summed E-state index contributed by atoms with van der Waals surface area (Å²) >= 11 is 0. The average Bonchev–Trinajstić information content (AvgIpc) is 2.33. The van der Waals surface area contributed by atoms with Crippen LogP contribution in [0.5, 0.6) is 0 Å². The Kier molecular flexibility index (Phi) is 7.61. The van der Waals surface area contributed by atoms with Crippen molar-refractivity contribution in [1.82, 2.24) is 9.88 Å². The van der Waals surface area contributed by atoms with Gasteiger partial charge in [0.1, 0.15) is 8.24 Å². The second-order valence-electron chi connectivity index (χ2n) is 5.81. The Labute approximate surface area is 110 Å². The van der Waals surface area contributed by atoms with Gasteiger partial charge in [0.2, 0.25) is 0 Å². The summed E-state index contributed by atoms with van der Waals surface area (Å²) in [6, 6.07) is 4.05. The van der Waals surface area contributed by atoms with Crippen molar-refractivity contribution in [2.45, 2.75) is 72.1 Å². The van der Waals surface area contributed by atoms with E-state index in [2.05, 4.69) is 58.3 Å². The van der Waals surface area contributed by atoms with Crippen molar-refractivity contribution in [2.24, 2.45) is 0 Å². The number of nitrogens with one attached hydrogen (secondary N) is 1. The molecule has 0 aromatic heterocycles. The zero-order valence-corrected chi connectivity index (χ0v) is 14.2. The highest BCUT2D eigenvalue weighted by Crippen LogP contribution is 2.21. The van der Waals surface area contributed by atoms with Gasteiger partial charge in [-0.25, -0.2) is 0 Å². The summed E-state index contributed by atoms with van der Waals surface area (Å²) in [5.74, 6) is 0. The molecule has 0 saturated carbocycles. The Bertz CT molecular complexity index is 188. The number of nitrogens with zero attached hydrogens (tertiary/aromatic N) is 1. The maximum absolute atomic E-state index is 4.05. The lowest BCUT2D eigenvalue weighted by Gasteiger charge is -2.41. The molecule has 0 aliphatic rings. The smallest absolute Gasteiger partial charge is 0.125 e. The molecule has 0 radical (unpaired) electrons. The van der Waals surface area contributed by atoms with Crippen LogP contribution in [0.4, 0.5) is 0 Å². The van der Waals surface area contributed by atoms with Gasteiger partial charge in [-0.05, 0) is 45.1 Å². The maximum Gasteiger partial charge on any atom is 0.125 e. The third-order valence-electron chi connectivity index (χ3n) is 4.15. The molecule has 0 amide bonds. The number of rotatable bonds is 9. The van der Waals surface area contributed by atoms with Crippen molar-refractivity contribution < 1.29 is 0 Å². The van der Waals surface area contributed by atoms with Gasteiger partial charge in [-0.2, -0.15) is 0 Å². The first-order valence-electron chi connectivity index (χ1n) is 7.40. The van der Waals surface area contributed by atoms with Gasteiger partial charge < -0.3 is 9.88 Å². The topological polar surface area (TPSA) is 15.3 Å². The summed E-state index contributed by atoms with van der Waals surface area (Å²) < 4.78 is 0. The zero-order valence-electron chi connectivity index (χ0n) is 13.2. The fourth-order valence-electron chi connectivity index (χ4n) is 2.78. The van der Waals surface area contributed by atoms with Gasteiger partial charge in [0, 0.05) is 12.1 Å². The predicted octanol–water partition coefficient (Wildman–Crippen LogP) is 3.70. The Morgan fingerprint density at radius 3 is 1.59 bits per heavy atom. The van der Waals surface area contributed by atoms with Gasteiger partial charge in [-0.3, -0.25) is 0 Å². The Morgan fingerprint density at radius 1 is 0.882 bits per heavy atom. The van der Waals surface area contributed by atoms with Crippen LogP contribution in [0.1, 0.15) is 48.5 Å². The first-order valence-corrected chi connectivity index (χ1v) is 10.0. The van der Waals surface area contributed by atoms with Crippen molar-refractivity contribution in [3.63, 3.8) is 0 Å². The lowest BCUT2D eigenvalue weighted by molar-refractivity contribution is 0.233. The van der Waals surface area contributed by atoms with E-state index < -0.39 is 8.24 Å². The van der Waals surface area contributed by atoms with Crippen LogP contribution < -0.4 is 4.98 Å². The van der Waals surface area contributed by atoms with E-state index in [1.807, 2.05) is 0 Å². The standard InChI is InChI=1S/C14H34N2Si/c1-8-16(9-2)13-14(6,7)15-17(10-3,11-4)12-5/h15H,8-13H2,1-7H3. The van der Waals surface area contributed by atoms with E-state index in [1.54, 1.807) is 0 Å². The van der Waals surface area contributed by atoms with E-state index in [0.29, 0.717) is 0 Å². The zero-order chi connectivity index (χ0) is 13.5. The molecule has 17 heavy (non-hydrogen) atoms. The highest BCUT2D eigenvalue weighted by molar-refractivity contribution is 6.77. The summed E-state index contributed by atoms with van der Waals surface area (Å²) in [6.45, 7) is 19.8. The van der Waals surface area contributed by atoms with Gasteiger partial charge in [-0.1, -0.05) is 34.6 Å². The summed E-state index contributed by atoms with van der Waals surface area (Å²) in [5, 5.41) is 0. The molecule has 2 nitrogen and oxygen atoms in total. The van der Waals surface area contributed by atoms with E-state index in [1.165, 1.54) is 18.1 Å². The van der Waals surface area contributed by atoms with Crippen molar-refractivity contribution in [3.05, 3.63) is 0 Å². The Hall–Kier alpha value is 0.137. The summed E-state index contributed by atoms with van der Waals surface area (Å²) in [4.78, 5) is 6.57. The first-order chi connectivity index (χ1) is 7.88. The molecule has 0 fully saturated rings. The number of hydrogen-bond acceptors (Lipinski definition) is 2. The third kappa shape index (κ3) is 5.54. The van der Waals surface area contributed by atoms with E-state index in [0.717, 1.165) is 19.6 Å². The SMILES string of the molecule is CCN(CC)CC(C)(C)N[Si](CC)(CC)CC. The highest BCUT2D eigenvalue weighted by atomic mass is 28.3. The van der Waals surface area contributed by atoms with Gasteiger partial charge in [0.05, 0.1) is 0 Å². The molecule has 0 aliphatic heterocycles. The van der Waals surface area contributed by atoms with E-state index in [9.17, 15) is 0 Å². The average molecular weight is 259 g/mol. The van der Waals surface area contributed by atoms with Gasteiger partial charge in [0.15, 0.2) is 0 Å². The second kappa shape index (κ2) is 7.55. The van der Waals surface area contributed by atoms with Crippen LogP contribution in [-0.2, 0) is 0 Å². The lowest BCUT2D eigenvalue weighted by atomic mass is 10.1.